The van der Waals surface area contributed by atoms with Crippen molar-refractivity contribution in [3.63, 3.8) is 0 Å². The first-order valence-corrected chi connectivity index (χ1v) is 9.13. The molecule has 1 unspecified atom stereocenters. The third kappa shape index (κ3) is 3.60. The van der Waals surface area contributed by atoms with Gasteiger partial charge in [0, 0.05) is 24.6 Å². The van der Waals surface area contributed by atoms with E-state index in [0.29, 0.717) is 17.9 Å². The second-order valence-corrected chi connectivity index (χ2v) is 7.29. The Morgan fingerprint density at radius 3 is 2.61 bits per heavy atom. The van der Waals surface area contributed by atoms with Crippen LogP contribution in [0.25, 0.3) is 0 Å². The van der Waals surface area contributed by atoms with Crippen molar-refractivity contribution < 1.29 is 9.90 Å². The zero-order valence-corrected chi connectivity index (χ0v) is 14.3. The summed E-state index contributed by atoms with van der Waals surface area (Å²) in [6.45, 7) is 4.59. The zero-order valence-electron chi connectivity index (χ0n) is 14.3. The molecule has 23 heavy (non-hydrogen) atoms. The van der Waals surface area contributed by atoms with Crippen LogP contribution in [0.1, 0.15) is 86.8 Å². The van der Waals surface area contributed by atoms with Crippen LogP contribution in [0.2, 0.25) is 0 Å². The average molecular weight is 319 g/mol. The number of amides is 1. The van der Waals surface area contributed by atoms with Crippen molar-refractivity contribution in [3.05, 3.63) is 17.5 Å². The van der Waals surface area contributed by atoms with Crippen LogP contribution in [0.4, 0.5) is 0 Å². The Labute approximate surface area is 138 Å². The van der Waals surface area contributed by atoms with Crippen LogP contribution in [-0.2, 0) is 0 Å². The van der Waals surface area contributed by atoms with Gasteiger partial charge in [0.05, 0.1) is 17.5 Å². The lowest BCUT2D eigenvalue weighted by Gasteiger charge is -2.28. The van der Waals surface area contributed by atoms with Gasteiger partial charge in [-0.25, -0.2) is 0 Å². The molecule has 2 saturated carbocycles. The molecule has 128 valence electrons. The lowest BCUT2D eigenvalue weighted by Crippen LogP contribution is -2.38. The molecule has 0 radical (unpaired) electrons. The summed E-state index contributed by atoms with van der Waals surface area (Å²) in [5, 5.41) is 16.9. The quantitative estimate of drug-likeness (QED) is 0.847. The van der Waals surface area contributed by atoms with Crippen LogP contribution < -0.4 is 5.32 Å². The lowest BCUT2D eigenvalue weighted by molar-refractivity contribution is 0.0912. The van der Waals surface area contributed by atoms with E-state index in [4.69, 9.17) is 0 Å². The minimum Gasteiger partial charge on any atom is -0.396 e. The Morgan fingerprint density at radius 1 is 1.35 bits per heavy atom. The highest BCUT2D eigenvalue weighted by Crippen LogP contribution is 2.42. The molecule has 2 N–H and O–H groups in total. The Hall–Kier alpha value is -1.36. The molecule has 0 aliphatic heterocycles. The first-order chi connectivity index (χ1) is 11.1. The molecule has 3 rings (SSSR count). The SMILES string of the molecule is CCC(C)n1ncc(C(=O)NC2CCC(CO)CC2)c1C1CC1. The van der Waals surface area contributed by atoms with E-state index in [0.717, 1.165) is 43.4 Å². The molecule has 1 atom stereocenters. The lowest BCUT2D eigenvalue weighted by atomic mass is 9.86. The van der Waals surface area contributed by atoms with Crippen LogP contribution in [0.15, 0.2) is 6.20 Å². The van der Waals surface area contributed by atoms with Gasteiger partial charge in [-0.1, -0.05) is 6.92 Å². The third-order valence-corrected chi connectivity index (χ3v) is 5.49. The molecule has 1 aromatic rings. The molecule has 0 aromatic carbocycles. The number of rotatable bonds is 6. The van der Waals surface area contributed by atoms with Gasteiger partial charge in [-0.3, -0.25) is 9.48 Å². The summed E-state index contributed by atoms with van der Waals surface area (Å²) in [5.74, 6) is 0.963. The van der Waals surface area contributed by atoms with Gasteiger partial charge in [0.2, 0.25) is 0 Å². The molecular weight excluding hydrogens is 290 g/mol. The number of aromatic nitrogens is 2. The molecule has 1 heterocycles. The molecule has 2 aliphatic carbocycles. The number of nitrogens with one attached hydrogen (secondary N) is 1. The summed E-state index contributed by atoms with van der Waals surface area (Å²) in [7, 11) is 0. The van der Waals surface area contributed by atoms with Crippen molar-refractivity contribution >= 4 is 5.91 Å². The summed E-state index contributed by atoms with van der Waals surface area (Å²) in [6.07, 6.45) is 9.06. The summed E-state index contributed by atoms with van der Waals surface area (Å²) >= 11 is 0. The fourth-order valence-electron chi connectivity index (χ4n) is 3.59. The minimum atomic E-state index is 0.0360. The first-order valence-electron chi connectivity index (χ1n) is 9.13. The van der Waals surface area contributed by atoms with Gasteiger partial charge in [-0.05, 0) is 57.8 Å². The number of nitrogens with zero attached hydrogens (tertiary/aromatic N) is 2. The average Bonchev–Trinajstić information content (AvgIpc) is 3.32. The number of hydrogen-bond acceptors (Lipinski definition) is 3. The van der Waals surface area contributed by atoms with E-state index in [9.17, 15) is 9.90 Å². The normalized spacial score (nSPS) is 26.0. The van der Waals surface area contributed by atoms with Crippen LogP contribution in [0, 0.1) is 5.92 Å². The van der Waals surface area contributed by atoms with Crippen molar-refractivity contribution in [1.29, 1.82) is 0 Å². The Bertz CT molecular complexity index is 542. The molecule has 0 bridgehead atoms. The summed E-state index contributed by atoms with van der Waals surface area (Å²) in [5.41, 5.74) is 1.91. The highest BCUT2D eigenvalue weighted by atomic mass is 16.3. The van der Waals surface area contributed by atoms with Crippen LogP contribution >= 0.6 is 0 Å². The van der Waals surface area contributed by atoms with Crippen molar-refractivity contribution in [1.82, 2.24) is 15.1 Å². The van der Waals surface area contributed by atoms with Gasteiger partial charge in [0.25, 0.3) is 5.91 Å². The van der Waals surface area contributed by atoms with Crippen LogP contribution in [-0.4, -0.2) is 33.4 Å². The number of aliphatic hydroxyl groups is 1. The van der Waals surface area contributed by atoms with Crippen molar-refractivity contribution in [2.45, 2.75) is 76.8 Å². The molecule has 1 amide bonds. The standard InChI is InChI=1S/C18H29N3O2/c1-3-12(2)21-17(14-6-7-14)16(10-19-21)18(23)20-15-8-4-13(11-22)5-9-15/h10,12-15,22H,3-9,11H2,1-2H3,(H,20,23). The van der Waals surface area contributed by atoms with E-state index >= 15 is 0 Å². The number of carbonyl (C=O) groups excluding carboxylic acids is 1. The molecular formula is C18H29N3O2. The molecule has 0 spiro atoms. The zero-order chi connectivity index (χ0) is 16.4. The highest BCUT2D eigenvalue weighted by Gasteiger charge is 2.34. The number of carbonyl (C=O) groups is 1. The molecule has 2 fully saturated rings. The van der Waals surface area contributed by atoms with Gasteiger partial charge in [0.1, 0.15) is 0 Å². The van der Waals surface area contributed by atoms with E-state index in [1.165, 1.54) is 12.8 Å². The fourth-order valence-corrected chi connectivity index (χ4v) is 3.59. The van der Waals surface area contributed by atoms with Gasteiger partial charge < -0.3 is 10.4 Å². The maximum atomic E-state index is 12.7. The monoisotopic (exact) mass is 319 g/mol. The summed E-state index contributed by atoms with van der Waals surface area (Å²) < 4.78 is 2.06. The molecule has 0 saturated heterocycles. The minimum absolute atomic E-state index is 0.0360. The second-order valence-electron chi connectivity index (χ2n) is 7.29. The number of hydrogen-bond donors (Lipinski definition) is 2. The predicted molar refractivity (Wildman–Crippen MR) is 89.5 cm³/mol. The highest BCUT2D eigenvalue weighted by molar-refractivity contribution is 5.95. The van der Waals surface area contributed by atoms with Gasteiger partial charge in [-0.15, -0.1) is 0 Å². The van der Waals surface area contributed by atoms with Crippen LogP contribution in [0.3, 0.4) is 0 Å². The second kappa shape index (κ2) is 7.04. The van der Waals surface area contributed by atoms with Crippen molar-refractivity contribution in [2.24, 2.45) is 5.92 Å². The van der Waals surface area contributed by atoms with Crippen molar-refractivity contribution in [2.75, 3.05) is 6.61 Å². The van der Waals surface area contributed by atoms with Crippen LogP contribution in [0.5, 0.6) is 0 Å². The van der Waals surface area contributed by atoms with E-state index < -0.39 is 0 Å². The predicted octanol–water partition coefficient (Wildman–Crippen LogP) is 3.01. The fraction of sp³-hybridized carbons (Fsp3) is 0.778. The molecule has 2 aliphatic rings. The van der Waals surface area contributed by atoms with E-state index in [-0.39, 0.29) is 18.6 Å². The molecule has 1 aromatic heterocycles. The summed E-state index contributed by atoms with van der Waals surface area (Å²) in [4.78, 5) is 12.7. The van der Waals surface area contributed by atoms with E-state index in [2.05, 4.69) is 28.9 Å². The maximum Gasteiger partial charge on any atom is 0.254 e. The smallest absolute Gasteiger partial charge is 0.254 e. The van der Waals surface area contributed by atoms with Crippen molar-refractivity contribution in [3.8, 4) is 0 Å². The Balaban J connectivity index is 1.69. The molecule has 5 nitrogen and oxygen atoms in total. The van der Waals surface area contributed by atoms with E-state index in [1.54, 1.807) is 6.20 Å². The molecule has 5 heteroatoms. The largest absolute Gasteiger partial charge is 0.396 e. The third-order valence-electron chi connectivity index (χ3n) is 5.49. The topological polar surface area (TPSA) is 67.2 Å². The number of aliphatic hydroxyl groups excluding tert-OH is 1. The van der Waals surface area contributed by atoms with E-state index in [1.807, 2.05) is 0 Å². The van der Waals surface area contributed by atoms with Gasteiger partial charge in [0.15, 0.2) is 0 Å². The van der Waals surface area contributed by atoms with Gasteiger partial charge in [-0.2, -0.15) is 5.10 Å². The first kappa shape index (κ1) is 16.5. The van der Waals surface area contributed by atoms with Gasteiger partial charge >= 0.3 is 0 Å². The maximum absolute atomic E-state index is 12.7. The summed E-state index contributed by atoms with van der Waals surface area (Å²) in [6, 6.07) is 0.580. The Morgan fingerprint density at radius 2 is 2.04 bits per heavy atom. The Kier molecular flexibility index (Phi) is 5.05.